The number of aliphatic hydroxyl groups excluding tert-OH is 1. The molecule has 0 radical (unpaired) electrons. The summed E-state index contributed by atoms with van der Waals surface area (Å²) in [7, 11) is 0. The first-order valence-electron chi connectivity index (χ1n) is 7.65. The molecule has 10 heteroatoms. The molecule has 0 aliphatic heterocycles. The molecule has 3 nitrogen and oxygen atoms in total. The highest BCUT2D eigenvalue weighted by Gasteiger charge is 2.51. The van der Waals surface area contributed by atoms with Crippen molar-refractivity contribution in [2.75, 3.05) is 11.5 Å². The van der Waals surface area contributed by atoms with Gasteiger partial charge in [-0.2, -0.15) is 43.4 Å². The fourth-order valence-electron chi connectivity index (χ4n) is 1.94. The quantitative estimate of drug-likeness (QED) is 0.514. The number of alkyl halides is 6. The third-order valence-corrected chi connectivity index (χ3v) is 4.68. The van der Waals surface area contributed by atoms with E-state index >= 15 is 0 Å². The van der Waals surface area contributed by atoms with E-state index in [1.54, 1.807) is 0 Å². The minimum absolute atomic E-state index is 0.166. The van der Waals surface area contributed by atoms with Crippen LogP contribution in [0, 0.1) is 11.3 Å². The molecule has 1 aromatic carbocycles. The van der Waals surface area contributed by atoms with Crippen LogP contribution in [0.5, 0.6) is 0 Å². The normalized spacial score (nSPS) is 16.1. The third-order valence-electron chi connectivity index (χ3n) is 3.51. The number of nitriles is 1. The Labute approximate surface area is 156 Å². The van der Waals surface area contributed by atoms with Gasteiger partial charge in [-0.25, -0.2) is 0 Å². The number of thioether (sulfide) groups is 1. The van der Waals surface area contributed by atoms with E-state index in [1.165, 1.54) is 13.0 Å². The molecule has 0 amide bonds. The number of hydrogen-bond acceptors (Lipinski definition) is 4. The van der Waals surface area contributed by atoms with Crippen LogP contribution < -0.4 is 0 Å². The lowest BCUT2D eigenvalue weighted by Crippen LogP contribution is -2.45. The Kier molecular flexibility index (Phi) is 7.77. The summed E-state index contributed by atoms with van der Waals surface area (Å²) in [5.41, 5.74) is -5.41. The minimum Gasteiger partial charge on any atom is -0.393 e. The van der Waals surface area contributed by atoms with E-state index in [1.807, 2.05) is 0 Å². The van der Waals surface area contributed by atoms with E-state index in [0.29, 0.717) is 12.1 Å². The fourth-order valence-corrected chi connectivity index (χ4v) is 3.16. The molecule has 0 aliphatic carbocycles. The van der Waals surface area contributed by atoms with Crippen LogP contribution >= 0.6 is 11.8 Å². The first kappa shape index (κ1) is 23.3. The zero-order valence-electron chi connectivity index (χ0n) is 14.1. The third kappa shape index (κ3) is 6.75. The van der Waals surface area contributed by atoms with E-state index in [-0.39, 0.29) is 17.7 Å². The van der Waals surface area contributed by atoms with Crippen molar-refractivity contribution in [2.45, 2.75) is 37.4 Å². The molecule has 2 atom stereocenters. The Hall–Kier alpha value is -1.70. The molecule has 0 spiro atoms. The van der Waals surface area contributed by atoms with E-state index in [9.17, 15) is 31.4 Å². The van der Waals surface area contributed by atoms with Crippen LogP contribution in [0.3, 0.4) is 0 Å². The van der Waals surface area contributed by atoms with Crippen LogP contribution in [0.2, 0.25) is 0 Å². The van der Waals surface area contributed by atoms with E-state index < -0.39 is 40.9 Å². The number of nitrogens with zero attached hydrogens (tertiary/aromatic N) is 1. The highest BCUT2D eigenvalue weighted by molar-refractivity contribution is 7.99. The second-order valence-corrected chi connectivity index (χ2v) is 6.97. The summed E-state index contributed by atoms with van der Waals surface area (Å²) in [5, 5.41) is 27.8. The van der Waals surface area contributed by atoms with Crippen molar-refractivity contribution in [1.29, 1.82) is 5.26 Å². The molecular weight excluding hydrogens is 396 g/mol. The number of rotatable bonds is 7. The van der Waals surface area contributed by atoms with Gasteiger partial charge in [0.25, 0.3) is 0 Å². The van der Waals surface area contributed by atoms with Crippen molar-refractivity contribution in [3.63, 3.8) is 0 Å². The van der Waals surface area contributed by atoms with Gasteiger partial charge in [0.2, 0.25) is 0 Å². The summed E-state index contributed by atoms with van der Waals surface area (Å²) in [6.45, 7) is 1.47. The maximum absolute atomic E-state index is 13.2. The van der Waals surface area contributed by atoms with Crippen molar-refractivity contribution in [1.82, 2.24) is 0 Å². The van der Waals surface area contributed by atoms with E-state index in [0.717, 1.165) is 30.0 Å². The lowest BCUT2D eigenvalue weighted by Gasteiger charge is -2.27. The molecule has 2 N–H and O–H groups in total. The fraction of sp³-hybridized carbons (Fsp3) is 0.471. The zero-order chi connectivity index (χ0) is 20.9. The summed E-state index contributed by atoms with van der Waals surface area (Å²) in [6.07, 6.45) is -9.23. The number of halogens is 6. The van der Waals surface area contributed by atoms with Crippen molar-refractivity contribution < 1.29 is 36.6 Å². The summed E-state index contributed by atoms with van der Waals surface area (Å²) < 4.78 is 78.3. The largest absolute Gasteiger partial charge is 0.421 e. The van der Waals surface area contributed by atoms with Gasteiger partial charge in [-0.15, -0.1) is 0 Å². The van der Waals surface area contributed by atoms with Gasteiger partial charge in [0.05, 0.1) is 23.3 Å². The zero-order valence-corrected chi connectivity index (χ0v) is 14.9. The minimum atomic E-state index is -5.04. The molecule has 1 aromatic rings. The van der Waals surface area contributed by atoms with Gasteiger partial charge in [-0.3, -0.25) is 0 Å². The second-order valence-electron chi connectivity index (χ2n) is 5.86. The Morgan fingerprint density at radius 1 is 1.22 bits per heavy atom. The SMILES string of the molecule is CC(O)CCSCC(O)(C=Cc1ccc(C#N)c(C(F)(F)F)c1)C(F)(F)F. The first-order chi connectivity index (χ1) is 12.3. The number of benzene rings is 1. The predicted molar refractivity (Wildman–Crippen MR) is 89.8 cm³/mol. The van der Waals surface area contributed by atoms with Gasteiger partial charge >= 0.3 is 12.4 Å². The van der Waals surface area contributed by atoms with Crippen molar-refractivity contribution in [2.24, 2.45) is 0 Å². The van der Waals surface area contributed by atoms with Gasteiger partial charge in [0.15, 0.2) is 5.60 Å². The van der Waals surface area contributed by atoms with Gasteiger partial charge < -0.3 is 10.2 Å². The summed E-state index contributed by atoms with van der Waals surface area (Å²) in [4.78, 5) is 0. The molecule has 27 heavy (non-hydrogen) atoms. The smallest absolute Gasteiger partial charge is 0.393 e. The number of hydrogen-bond donors (Lipinski definition) is 2. The predicted octanol–water partition coefficient (Wildman–Crippen LogP) is 4.39. The molecular formula is C17H17F6NO2S. The lowest BCUT2D eigenvalue weighted by atomic mass is 10.0. The Balaban J connectivity index is 3.08. The average molecular weight is 413 g/mol. The highest BCUT2D eigenvalue weighted by atomic mass is 32.2. The van der Waals surface area contributed by atoms with Crippen molar-refractivity contribution in [3.8, 4) is 6.07 Å². The van der Waals surface area contributed by atoms with Crippen LogP contribution in [0.1, 0.15) is 30.0 Å². The number of aliphatic hydroxyl groups is 2. The maximum atomic E-state index is 13.2. The Morgan fingerprint density at radius 3 is 2.33 bits per heavy atom. The second kappa shape index (κ2) is 8.99. The molecule has 1 rings (SSSR count). The van der Waals surface area contributed by atoms with Gasteiger partial charge in [-0.1, -0.05) is 12.1 Å². The summed E-state index contributed by atoms with van der Waals surface area (Å²) in [6, 6.07) is 3.83. The first-order valence-corrected chi connectivity index (χ1v) is 8.81. The molecule has 0 aromatic heterocycles. The maximum Gasteiger partial charge on any atom is 0.421 e. The molecule has 0 aliphatic rings. The van der Waals surface area contributed by atoms with Crippen LogP contribution in [-0.2, 0) is 6.18 Å². The van der Waals surface area contributed by atoms with Crippen molar-refractivity contribution in [3.05, 3.63) is 41.0 Å². The van der Waals surface area contributed by atoms with Gasteiger partial charge in [0, 0.05) is 5.75 Å². The molecule has 0 fully saturated rings. The summed E-state index contributed by atoms with van der Waals surface area (Å²) >= 11 is 0.760. The van der Waals surface area contributed by atoms with Crippen LogP contribution in [0.4, 0.5) is 26.3 Å². The monoisotopic (exact) mass is 413 g/mol. The molecule has 2 unspecified atom stereocenters. The van der Waals surface area contributed by atoms with E-state index in [4.69, 9.17) is 10.4 Å². The molecule has 0 saturated heterocycles. The van der Waals surface area contributed by atoms with Gasteiger partial charge in [-0.05, 0) is 42.9 Å². The lowest BCUT2D eigenvalue weighted by molar-refractivity contribution is -0.230. The van der Waals surface area contributed by atoms with Crippen molar-refractivity contribution >= 4 is 17.8 Å². The molecule has 0 bridgehead atoms. The molecule has 150 valence electrons. The summed E-state index contributed by atoms with van der Waals surface area (Å²) in [5.74, 6) is -0.610. The standard InChI is InChI=1S/C17H17F6NO2S/c1-11(25)5-7-27-10-15(26,17(21,22)23)6-4-12-2-3-13(9-24)14(8-12)16(18,19)20/h2-4,6,8,11,25-26H,5,7,10H2,1H3. The highest BCUT2D eigenvalue weighted by Crippen LogP contribution is 2.36. The van der Waals surface area contributed by atoms with Gasteiger partial charge in [0.1, 0.15) is 0 Å². The topological polar surface area (TPSA) is 64.2 Å². The average Bonchev–Trinajstić information content (AvgIpc) is 2.54. The Morgan fingerprint density at radius 2 is 1.85 bits per heavy atom. The van der Waals surface area contributed by atoms with Crippen LogP contribution in [0.15, 0.2) is 24.3 Å². The molecule has 0 heterocycles. The van der Waals surface area contributed by atoms with E-state index in [2.05, 4.69) is 0 Å². The Bertz CT molecular complexity index is 709. The van der Waals surface area contributed by atoms with Crippen LogP contribution in [-0.4, -0.2) is 39.6 Å². The van der Waals surface area contributed by atoms with Crippen LogP contribution in [0.25, 0.3) is 6.08 Å². The molecule has 0 saturated carbocycles.